The fourth-order valence-corrected chi connectivity index (χ4v) is 3.20. The zero-order chi connectivity index (χ0) is 25.2. The molecule has 0 atom stereocenters. The van der Waals surface area contributed by atoms with E-state index < -0.39 is 17.8 Å². The second-order valence-corrected chi connectivity index (χ2v) is 7.17. The van der Waals surface area contributed by atoms with Gasteiger partial charge in [0.2, 0.25) is 11.7 Å². The van der Waals surface area contributed by atoms with Gasteiger partial charge in [-0.2, -0.15) is 13.2 Å². The van der Waals surface area contributed by atoms with Gasteiger partial charge in [-0.05, 0) is 31.2 Å². The molecule has 13 heteroatoms. The van der Waals surface area contributed by atoms with E-state index in [1.807, 2.05) is 0 Å². The van der Waals surface area contributed by atoms with Crippen LogP contribution in [0.5, 0.6) is 0 Å². The number of nitrogens with one attached hydrogen (secondary N) is 2. The minimum absolute atomic E-state index is 0.0993. The quantitative estimate of drug-likeness (QED) is 0.392. The molecule has 0 saturated carbocycles. The van der Waals surface area contributed by atoms with Gasteiger partial charge in [0, 0.05) is 31.1 Å². The van der Waals surface area contributed by atoms with Crippen molar-refractivity contribution in [3.63, 3.8) is 0 Å². The van der Waals surface area contributed by atoms with Gasteiger partial charge in [0.05, 0.1) is 12.2 Å². The maximum Gasteiger partial charge on any atom is 0.433 e. The molecule has 4 aromatic rings. The molecule has 0 saturated heterocycles. The highest BCUT2D eigenvalue weighted by Crippen LogP contribution is 2.30. The van der Waals surface area contributed by atoms with E-state index in [2.05, 4.69) is 30.7 Å². The molecule has 4 rings (SSSR count). The first-order valence-electron chi connectivity index (χ1n) is 10.3. The number of anilines is 3. The summed E-state index contributed by atoms with van der Waals surface area (Å²) in [5.74, 6) is -0.711. The van der Waals surface area contributed by atoms with E-state index in [0.29, 0.717) is 5.69 Å². The number of ether oxygens (including phenoxy) is 1. The van der Waals surface area contributed by atoms with Crippen LogP contribution in [0.1, 0.15) is 29.9 Å². The Labute approximate surface area is 196 Å². The van der Waals surface area contributed by atoms with E-state index in [-0.39, 0.29) is 46.7 Å². The number of pyridine rings is 2. The monoisotopic (exact) mass is 485 g/mol. The van der Waals surface area contributed by atoms with Gasteiger partial charge < -0.3 is 15.4 Å². The van der Waals surface area contributed by atoms with Crippen molar-refractivity contribution >= 4 is 34.7 Å². The molecular formula is C22H18F3N7O3. The minimum Gasteiger partial charge on any atom is -0.462 e. The summed E-state index contributed by atoms with van der Waals surface area (Å²) < 4.78 is 46.0. The molecule has 180 valence electrons. The van der Waals surface area contributed by atoms with E-state index in [4.69, 9.17) is 4.74 Å². The summed E-state index contributed by atoms with van der Waals surface area (Å²) in [6.07, 6.45) is -1.75. The zero-order valence-corrected chi connectivity index (χ0v) is 18.4. The molecule has 0 fully saturated rings. The first-order valence-corrected chi connectivity index (χ1v) is 10.3. The first-order chi connectivity index (χ1) is 16.7. The molecule has 35 heavy (non-hydrogen) atoms. The summed E-state index contributed by atoms with van der Waals surface area (Å²) >= 11 is 0. The minimum atomic E-state index is -4.65. The highest BCUT2D eigenvalue weighted by atomic mass is 19.4. The molecule has 0 spiro atoms. The number of fused-ring (bicyclic) bond motifs is 1. The first kappa shape index (κ1) is 23.6. The molecule has 0 aliphatic rings. The van der Waals surface area contributed by atoms with E-state index >= 15 is 0 Å². The van der Waals surface area contributed by atoms with Crippen molar-refractivity contribution in [2.75, 3.05) is 17.2 Å². The summed E-state index contributed by atoms with van der Waals surface area (Å²) in [7, 11) is 0. The predicted octanol–water partition coefficient (Wildman–Crippen LogP) is 4.08. The fraction of sp³-hybridized carbons (Fsp3) is 0.182. The average molecular weight is 485 g/mol. The number of carbonyl (C=O) groups is 2. The third-order valence-corrected chi connectivity index (χ3v) is 4.60. The van der Waals surface area contributed by atoms with E-state index in [1.54, 1.807) is 13.0 Å². The van der Waals surface area contributed by atoms with Crippen LogP contribution in [0, 0.1) is 0 Å². The smallest absolute Gasteiger partial charge is 0.433 e. The van der Waals surface area contributed by atoms with Crippen LogP contribution in [-0.4, -0.2) is 43.0 Å². The van der Waals surface area contributed by atoms with Crippen LogP contribution in [0.25, 0.3) is 17.0 Å². The lowest BCUT2D eigenvalue weighted by Gasteiger charge is -2.12. The molecule has 2 N–H and O–H groups in total. The van der Waals surface area contributed by atoms with E-state index in [1.165, 1.54) is 48.1 Å². The molecular weight excluding hydrogens is 467 g/mol. The number of nitrogens with zero attached hydrogens (tertiary/aromatic N) is 5. The van der Waals surface area contributed by atoms with Crippen LogP contribution in [0.3, 0.4) is 0 Å². The SMILES string of the molecule is CCOC(=O)c1ccn2nc(-c3cccc(C(F)(F)F)n3)nc(Nc3ccnc(NC(C)=O)c3)c12. The molecule has 1 amide bonds. The lowest BCUT2D eigenvalue weighted by atomic mass is 10.2. The molecule has 0 aromatic carbocycles. The van der Waals surface area contributed by atoms with Gasteiger partial charge in [0.25, 0.3) is 0 Å². The molecule has 4 heterocycles. The number of hydrogen-bond acceptors (Lipinski definition) is 8. The standard InChI is InChI=1S/C22H18F3N7O3/c1-3-35-21(34)14-8-10-32-18(14)20(28-13-7-9-26-17(11-13)27-12(2)33)30-19(31-32)15-5-4-6-16(29-15)22(23,24)25/h4-11H,3H2,1-2H3,(H2,26,27,28,30,31,33). The lowest BCUT2D eigenvalue weighted by molar-refractivity contribution is -0.141. The summed E-state index contributed by atoms with van der Waals surface area (Å²) in [5, 5.41) is 9.82. The number of hydrogen-bond donors (Lipinski definition) is 2. The predicted molar refractivity (Wildman–Crippen MR) is 119 cm³/mol. The average Bonchev–Trinajstić information content (AvgIpc) is 3.23. The normalized spacial score (nSPS) is 11.3. The van der Waals surface area contributed by atoms with Crippen LogP contribution >= 0.6 is 0 Å². The van der Waals surface area contributed by atoms with Crippen molar-refractivity contribution < 1.29 is 27.5 Å². The molecule has 0 aliphatic heterocycles. The van der Waals surface area contributed by atoms with Crippen molar-refractivity contribution in [1.29, 1.82) is 0 Å². The number of aromatic nitrogens is 5. The Bertz CT molecular complexity index is 1420. The van der Waals surface area contributed by atoms with Crippen molar-refractivity contribution in [1.82, 2.24) is 24.6 Å². The number of esters is 1. The third-order valence-electron chi connectivity index (χ3n) is 4.60. The Balaban J connectivity index is 1.85. The van der Waals surface area contributed by atoms with Crippen LogP contribution in [0.2, 0.25) is 0 Å². The van der Waals surface area contributed by atoms with Crippen LogP contribution in [0.15, 0.2) is 48.8 Å². The molecule has 0 bridgehead atoms. The van der Waals surface area contributed by atoms with Crippen molar-refractivity contribution in [2.24, 2.45) is 0 Å². The van der Waals surface area contributed by atoms with E-state index in [9.17, 15) is 22.8 Å². The molecule has 10 nitrogen and oxygen atoms in total. The summed E-state index contributed by atoms with van der Waals surface area (Å²) in [6, 6.07) is 7.96. The van der Waals surface area contributed by atoms with Crippen molar-refractivity contribution in [3.05, 3.63) is 60.0 Å². The molecule has 0 radical (unpaired) electrons. The summed E-state index contributed by atoms with van der Waals surface area (Å²) in [4.78, 5) is 35.9. The largest absolute Gasteiger partial charge is 0.462 e. The van der Waals surface area contributed by atoms with E-state index in [0.717, 1.165) is 6.07 Å². The van der Waals surface area contributed by atoms with Crippen LogP contribution < -0.4 is 10.6 Å². The highest BCUT2D eigenvalue weighted by molar-refractivity contribution is 6.01. The Morgan fingerprint density at radius 3 is 2.66 bits per heavy atom. The topological polar surface area (TPSA) is 123 Å². The number of amides is 1. The maximum atomic E-state index is 13.2. The Morgan fingerprint density at radius 1 is 1.14 bits per heavy atom. The van der Waals surface area contributed by atoms with Crippen molar-refractivity contribution in [2.45, 2.75) is 20.0 Å². The van der Waals surface area contributed by atoms with Gasteiger partial charge >= 0.3 is 12.1 Å². The number of carbonyl (C=O) groups excluding carboxylic acids is 2. The lowest BCUT2D eigenvalue weighted by Crippen LogP contribution is -2.11. The van der Waals surface area contributed by atoms with Gasteiger partial charge in [-0.1, -0.05) is 6.07 Å². The summed E-state index contributed by atoms with van der Waals surface area (Å²) in [6.45, 7) is 3.12. The van der Waals surface area contributed by atoms with Gasteiger partial charge in [0.15, 0.2) is 5.82 Å². The molecule has 0 unspecified atom stereocenters. The molecule has 4 aromatic heterocycles. The number of rotatable bonds is 6. The summed E-state index contributed by atoms with van der Waals surface area (Å²) in [5.41, 5.74) is -0.402. The maximum absolute atomic E-state index is 13.2. The Kier molecular flexibility index (Phi) is 6.32. The second-order valence-electron chi connectivity index (χ2n) is 7.17. The van der Waals surface area contributed by atoms with Gasteiger partial charge in [-0.15, -0.1) is 5.10 Å². The van der Waals surface area contributed by atoms with Gasteiger partial charge in [-0.25, -0.2) is 24.3 Å². The zero-order valence-electron chi connectivity index (χ0n) is 18.4. The highest BCUT2D eigenvalue weighted by Gasteiger charge is 2.33. The number of alkyl halides is 3. The third kappa shape index (κ3) is 5.18. The molecule has 0 aliphatic carbocycles. The van der Waals surface area contributed by atoms with Gasteiger partial charge in [0.1, 0.15) is 22.7 Å². The Morgan fingerprint density at radius 2 is 1.94 bits per heavy atom. The van der Waals surface area contributed by atoms with Gasteiger partial charge in [-0.3, -0.25) is 4.79 Å². The number of halogens is 3. The second kappa shape index (κ2) is 9.37. The fourth-order valence-electron chi connectivity index (χ4n) is 3.20. The van der Waals surface area contributed by atoms with Crippen molar-refractivity contribution in [3.8, 4) is 11.5 Å². The Hall–Kier alpha value is -4.55. The van der Waals surface area contributed by atoms with Crippen LogP contribution in [0.4, 0.5) is 30.5 Å². The van der Waals surface area contributed by atoms with Crippen LogP contribution in [-0.2, 0) is 15.7 Å².